The van der Waals surface area contributed by atoms with Gasteiger partial charge in [0.05, 0.1) is 11.0 Å². The third kappa shape index (κ3) is 3.06. The van der Waals surface area contributed by atoms with Crippen molar-refractivity contribution in [2.24, 2.45) is 7.05 Å². The van der Waals surface area contributed by atoms with Crippen LogP contribution in [0.15, 0.2) is 30.5 Å². The van der Waals surface area contributed by atoms with E-state index in [1.807, 2.05) is 17.7 Å². The van der Waals surface area contributed by atoms with E-state index in [2.05, 4.69) is 47.3 Å². The van der Waals surface area contributed by atoms with Crippen LogP contribution in [-0.4, -0.2) is 32.5 Å². The molecule has 0 spiro atoms. The molecule has 0 saturated carbocycles. The predicted molar refractivity (Wildman–Crippen MR) is 98.2 cm³/mol. The number of fused-ring (bicyclic) bond motifs is 1. The number of aryl methyl sites for hydroxylation is 2. The molecule has 0 amide bonds. The largest absolute Gasteiger partial charge is 0.342 e. The summed E-state index contributed by atoms with van der Waals surface area (Å²) in [6.07, 6.45) is 4.31. The van der Waals surface area contributed by atoms with Crippen molar-refractivity contribution < 1.29 is 0 Å². The van der Waals surface area contributed by atoms with Crippen LogP contribution in [0.4, 0.5) is 0 Å². The number of rotatable bonds is 3. The van der Waals surface area contributed by atoms with E-state index in [-0.39, 0.29) is 0 Å². The van der Waals surface area contributed by atoms with Crippen LogP contribution in [0.5, 0.6) is 0 Å². The summed E-state index contributed by atoms with van der Waals surface area (Å²) in [7, 11) is 1.93. The van der Waals surface area contributed by atoms with Crippen LogP contribution in [0.2, 0.25) is 0 Å². The minimum Gasteiger partial charge on any atom is -0.342 e. The zero-order valence-corrected chi connectivity index (χ0v) is 14.8. The maximum atomic E-state index is 9.08. The maximum Gasteiger partial charge on any atom is 0.120 e. The number of nitrogens with one attached hydrogen (secondary N) is 1. The molecule has 3 heterocycles. The number of aromatic nitrogens is 3. The molecule has 1 aromatic carbocycles. The van der Waals surface area contributed by atoms with E-state index in [1.165, 1.54) is 11.1 Å². The molecule has 0 unspecified atom stereocenters. The molecule has 0 aliphatic carbocycles. The molecule has 4 rings (SSSR count). The Morgan fingerprint density at radius 1 is 1.32 bits per heavy atom. The summed E-state index contributed by atoms with van der Waals surface area (Å²) in [6, 6.07) is 10.5. The molecule has 0 radical (unpaired) electrons. The first kappa shape index (κ1) is 15.9. The number of hydrogen-bond donors (Lipinski definition) is 1. The van der Waals surface area contributed by atoms with E-state index < -0.39 is 0 Å². The zero-order chi connectivity index (χ0) is 17.4. The lowest BCUT2D eigenvalue weighted by molar-refractivity contribution is 0.202. The van der Waals surface area contributed by atoms with Crippen molar-refractivity contribution in [3.8, 4) is 6.07 Å². The highest BCUT2D eigenvalue weighted by Crippen LogP contribution is 2.29. The molecule has 1 N–H and O–H groups in total. The Morgan fingerprint density at radius 2 is 2.12 bits per heavy atom. The fraction of sp³-hybridized carbons (Fsp3) is 0.400. The lowest BCUT2D eigenvalue weighted by Crippen LogP contribution is -2.32. The maximum absolute atomic E-state index is 9.08. The Balaban J connectivity index is 1.42. The van der Waals surface area contributed by atoms with Gasteiger partial charge in [-0.2, -0.15) is 5.26 Å². The molecule has 25 heavy (non-hydrogen) atoms. The minimum atomic E-state index is 0.508. The van der Waals surface area contributed by atoms with Crippen molar-refractivity contribution in [1.82, 2.24) is 19.4 Å². The minimum absolute atomic E-state index is 0.508. The summed E-state index contributed by atoms with van der Waals surface area (Å²) in [5.74, 6) is 1.64. The number of para-hydroxylation sites is 1. The van der Waals surface area contributed by atoms with E-state index >= 15 is 0 Å². The van der Waals surface area contributed by atoms with Gasteiger partial charge in [-0.05, 0) is 56.1 Å². The molecule has 5 nitrogen and oxygen atoms in total. The molecule has 0 atom stereocenters. The van der Waals surface area contributed by atoms with Crippen LogP contribution < -0.4 is 0 Å². The topological polar surface area (TPSA) is 60.6 Å². The molecule has 5 heteroatoms. The van der Waals surface area contributed by atoms with Gasteiger partial charge in [0.2, 0.25) is 0 Å². The lowest BCUT2D eigenvalue weighted by atomic mass is 9.96. The fourth-order valence-electron chi connectivity index (χ4n) is 3.84. The second-order valence-corrected chi connectivity index (χ2v) is 7.10. The molecular weight excluding hydrogens is 310 g/mol. The first-order chi connectivity index (χ1) is 12.1. The summed E-state index contributed by atoms with van der Waals surface area (Å²) in [6.45, 7) is 5.17. The normalized spacial score (nSPS) is 16.4. The summed E-state index contributed by atoms with van der Waals surface area (Å²) >= 11 is 0. The van der Waals surface area contributed by atoms with Crippen molar-refractivity contribution in [1.29, 1.82) is 5.26 Å². The Morgan fingerprint density at radius 3 is 2.80 bits per heavy atom. The number of piperidine rings is 1. The standard InChI is InChI=1S/C20H23N5/c1-14-4-3-5-18-19(14)23-20(22-18)16-6-8-25(9-7-16)13-15-10-17(11-21)24(2)12-15/h3-5,10,12,16H,6-9,13H2,1-2H3,(H,22,23). The lowest BCUT2D eigenvalue weighted by Gasteiger charge is -2.30. The van der Waals surface area contributed by atoms with Gasteiger partial charge in [0.1, 0.15) is 17.6 Å². The second kappa shape index (κ2) is 6.38. The first-order valence-corrected chi connectivity index (χ1v) is 8.87. The van der Waals surface area contributed by atoms with Crippen molar-refractivity contribution >= 4 is 11.0 Å². The van der Waals surface area contributed by atoms with E-state index in [9.17, 15) is 0 Å². The van der Waals surface area contributed by atoms with E-state index in [1.54, 1.807) is 0 Å². The summed E-state index contributed by atoms with van der Waals surface area (Å²) in [5.41, 5.74) is 5.42. The van der Waals surface area contributed by atoms with Crippen LogP contribution in [0.1, 0.15) is 41.4 Å². The number of likely N-dealkylation sites (tertiary alicyclic amines) is 1. The molecule has 1 aliphatic heterocycles. The van der Waals surface area contributed by atoms with Gasteiger partial charge in [-0.3, -0.25) is 4.90 Å². The molecule has 3 aromatic rings. The van der Waals surface area contributed by atoms with Crippen LogP contribution in [-0.2, 0) is 13.6 Å². The number of imidazole rings is 1. The SMILES string of the molecule is Cc1cccc2[nH]c(C3CCN(Cc4cc(C#N)n(C)c4)CC3)nc12. The van der Waals surface area contributed by atoms with Crippen LogP contribution in [0.3, 0.4) is 0 Å². The molecule has 1 saturated heterocycles. The van der Waals surface area contributed by atoms with Gasteiger partial charge in [-0.15, -0.1) is 0 Å². The van der Waals surface area contributed by atoms with Crippen LogP contribution in [0, 0.1) is 18.3 Å². The summed E-state index contributed by atoms with van der Waals surface area (Å²) < 4.78 is 1.90. The number of aromatic amines is 1. The average molecular weight is 333 g/mol. The van der Waals surface area contributed by atoms with Gasteiger partial charge in [0, 0.05) is 25.7 Å². The number of nitrogens with zero attached hydrogens (tertiary/aromatic N) is 4. The van der Waals surface area contributed by atoms with Crippen molar-refractivity contribution in [2.45, 2.75) is 32.2 Å². The van der Waals surface area contributed by atoms with Gasteiger partial charge >= 0.3 is 0 Å². The Kier molecular flexibility index (Phi) is 4.06. The highest BCUT2D eigenvalue weighted by atomic mass is 15.1. The van der Waals surface area contributed by atoms with Gasteiger partial charge in [-0.1, -0.05) is 12.1 Å². The molecule has 128 valence electrons. The van der Waals surface area contributed by atoms with E-state index in [0.29, 0.717) is 5.92 Å². The molecule has 0 bridgehead atoms. The van der Waals surface area contributed by atoms with Crippen LogP contribution >= 0.6 is 0 Å². The predicted octanol–water partition coefficient (Wildman–Crippen LogP) is 3.46. The number of benzene rings is 1. The number of hydrogen-bond acceptors (Lipinski definition) is 3. The van der Waals surface area contributed by atoms with Crippen molar-refractivity contribution in [3.63, 3.8) is 0 Å². The highest BCUT2D eigenvalue weighted by molar-refractivity contribution is 5.78. The fourth-order valence-corrected chi connectivity index (χ4v) is 3.84. The van der Waals surface area contributed by atoms with Crippen molar-refractivity contribution in [2.75, 3.05) is 13.1 Å². The number of H-pyrrole nitrogens is 1. The number of nitriles is 1. The van der Waals surface area contributed by atoms with Gasteiger partial charge in [0.25, 0.3) is 0 Å². The Labute approximate surface area is 147 Å². The van der Waals surface area contributed by atoms with E-state index in [0.717, 1.165) is 55.0 Å². The smallest absolute Gasteiger partial charge is 0.120 e. The molecule has 1 fully saturated rings. The highest BCUT2D eigenvalue weighted by Gasteiger charge is 2.23. The zero-order valence-electron chi connectivity index (χ0n) is 14.8. The van der Waals surface area contributed by atoms with Gasteiger partial charge in [-0.25, -0.2) is 4.98 Å². The molecular formula is C20H23N5. The molecule has 1 aliphatic rings. The Bertz CT molecular complexity index is 935. The third-order valence-electron chi connectivity index (χ3n) is 5.29. The van der Waals surface area contributed by atoms with Gasteiger partial charge in [0.15, 0.2) is 0 Å². The second-order valence-electron chi connectivity index (χ2n) is 7.10. The Hall–Kier alpha value is -2.58. The first-order valence-electron chi connectivity index (χ1n) is 8.87. The summed E-state index contributed by atoms with van der Waals surface area (Å²) in [4.78, 5) is 10.9. The van der Waals surface area contributed by atoms with Gasteiger partial charge < -0.3 is 9.55 Å². The van der Waals surface area contributed by atoms with E-state index in [4.69, 9.17) is 10.2 Å². The van der Waals surface area contributed by atoms with Crippen molar-refractivity contribution in [3.05, 3.63) is 53.1 Å². The monoisotopic (exact) mass is 333 g/mol. The summed E-state index contributed by atoms with van der Waals surface area (Å²) in [5, 5.41) is 9.08. The third-order valence-corrected chi connectivity index (χ3v) is 5.29. The average Bonchev–Trinajstić information content (AvgIpc) is 3.20. The quantitative estimate of drug-likeness (QED) is 0.798. The molecule has 2 aromatic heterocycles. The van der Waals surface area contributed by atoms with Crippen LogP contribution in [0.25, 0.3) is 11.0 Å².